The molecule has 0 spiro atoms. The first-order valence-corrected chi connectivity index (χ1v) is 11.3. The number of nitrogens with zero attached hydrogens (tertiary/aromatic N) is 2. The van der Waals surface area contributed by atoms with Crippen LogP contribution in [0.3, 0.4) is 0 Å². The molecule has 2 N–H and O–H groups in total. The van der Waals surface area contributed by atoms with Gasteiger partial charge in [0.05, 0.1) is 23.0 Å². The van der Waals surface area contributed by atoms with Crippen molar-refractivity contribution < 1.29 is 17.5 Å². The van der Waals surface area contributed by atoms with Gasteiger partial charge < -0.3 is 10.1 Å². The predicted molar refractivity (Wildman–Crippen MR) is 123 cm³/mol. The average molecular weight is 473 g/mol. The number of hydrogen-bond donors (Lipinski definition) is 2. The van der Waals surface area contributed by atoms with Crippen LogP contribution < -0.4 is 14.8 Å². The normalized spacial score (nSPS) is 11.4. The number of benzene rings is 3. The molecule has 1 aromatic heterocycles. The molecule has 0 aliphatic heterocycles. The van der Waals surface area contributed by atoms with Crippen LogP contribution in [0.4, 0.5) is 21.7 Å². The summed E-state index contributed by atoms with van der Waals surface area (Å²) in [6.07, 6.45) is 0. The molecule has 0 aliphatic carbocycles. The summed E-state index contributed by atoms with van der Waals surface area (Å²) in [7, 11) is -2.47. The highest BCUT2D eigenvalue weighted by Gasteiger charge is 2.19. The molecule has 0 aliphatic rings. The Hall–Kier alpha value is -3.43. The molecule has 0 radical (unpaired) electrons. The molecule has 1 heterocycles. The quantitative estimate of drug-likeness (QED) is 0.396. The number of sulfonamides is 1. The molecule has 4 rings (SSSR count). The Bertz CT molecular complexity index is 1410. The fourth-order valence-corrected chi connectivity index (χ4v) is 4.06. The molecular formula is C22H18ClFN4O3S. The van der Waals surface area contributed by atoms with Gasteiger partial charge in [0.2, 0.25) is 0 Å². The van der Waals surface area contributed by atoms with Gasteiger partial charge in [-0.15, -0.1) is 0 Å². The number of nitrogens with one attached hydrogen (secondary N) is 2. The second-order valence-electron chi connectivity index (χ2n) is 6.92. The van der Waals surface area contributed by atoms with Gasteiger partial charge >= 0.3 is 0 Å². The first-order valence-electron chi connectivity index (χ1n) is 9.42. The molecule has 4 aromatic rings. The number of hydrogen-bond acceptors (Lipinski definition) is 6. The molecule has 32 heavy (non-hydrogen) atoms. The summed E-state index contributed by atoms with van der Waals surface area (Å²) < 4.78 is 47.6. The molecule has 0 bridgehead atoms. The largest absolute Gasteiger partial charge is 0.497 e. The number of ether oxygens (including phenoxy) is 1. The van der Waals surface area contributed by atoms with E-state index in [1.807, 2.05) is 0 Å². The first-order chi connectivity index (χ1) is 15.2. The van der Waals surface area contributed by atoms with Gasteiger partial charge in [-0.2, -0.15) is 0 Å². The Morgan fingerprint density at radius 3 is 2.34 bits per heavy atom. The van der Waals surface area contributed by atoms with Crippen LogP contribution in [0.5, 0.6) is 5.75 Å². The van der Waals surface area contributed by atoms with Crippen molar-refractivity contribution in [3.8, 4) is 5.75 Å². The highest BCUT2D eigenvalue weighted by Crippen LogP contribution is 2.29. The highest BCUT2D eigenvalue weighted by atomic mass is 35.5. The smallest absolute Gasteiger partial charge is 0.263 e. The number of rotatable bonds is 6. The lowest BCUT2D eigenvalue weighted by Gasteiger charge is -2.14. The summed E-state index contributed by atoms with van der Waals surface area (Å²) in [5.74, 6) is 0.215. The standard InChI is InChI=1S/C22H18ClFN4O3S/c1-13-3-6-15(11-18(13)24)25-21-22(26-19-10-7-16(31-2)12-20(19)27-21)28-32(29,30)17-8-4-14(23)5-9-17/h3-12H,1-2H3,(H,25,27)(H,26,28). The van der Waals surface area contributed by atoms with Crippen LogP contribution in [0, 0.1) is 12.7 Å². The average Bonchev–Trinajstić information content (AvgIpc) is 2.76. The summed E-state index contributed by atoms with van der Waals surface area (Å²) in [6, 6.07) is 15.3. The highest BCUT2D eigenvalue weighted by molar-refractivity contribution is 7.92. The van der Waals surface area contributed by atoms with Gasteiger partial charge in [0.25, 0.3) is 10.0 Å². The predicted octanol–water partition coefficient (Wildman–Crippen LogP) is 5.28. The van der Waals surface area contributed by atoms with E-state index in [0.29, 0.717) is 33.1 Å². The zero-order valence-corrected chi connectivity index (χ0v) is 18.6. The maximum Gasteiger partial charge on any atom is 0.263 e. The summed E-state index contributed by atoms with van der Waals surface area (Å²) in [6.45, 7) is 1.65. The third kappa shape index (κ3) is 4.58. The lowest BCUT2D eigenvalue weighted by atomic mass is 10.2. The van der Waals surface area contributed by atoms with Gasteiger partial charge in [-0.3, -0.25) is 4.72 Å². The van der Waals surface area contributed by atoms with Gasteiger partial charge in [0, 0.05) is 16.8 Å². The third-order valence-electron chi connectivity index (χ3n) is 4.66. The molecule has 164 valence electrons. The topological polar surface area (TPSA) is 93.2 Å². The lowest BCUT2D eigenvalue weighted by Crippen LogP contribution is -2.16. The monoisotopic (exact) mass is 472 g/mol. The molecule has 0 saturated carbocycles. The van der Waals surface area contributed by atoms with Gasteiger partial charge in [-0.05, 0) is 61.0 Å². The minimum atomic E-state index is -3.99. The van der Waals surface area contributed by atoms with E-state index < -0.39 is 15.8 Å². The second-order valence-corrected chi connectivity index (χ2v) is 9.04. The summed E-state index contributed by atoms with van der Waals surface area (Å²) in [5.41, 5.74) is 1.78. The zero-order chi connectivity index (χ0) is 22.9. The molecule has 3 aromatic carbocycles. The molecular weight excluding hydrogens is 455 g/mol. The van der Waals surface area contributed by atoms with Gasteiger partial charge in [-0.25, -0.2) is 22.8 Å². The zero-order valence-electron chi connectivity index (χ0n) is 17.1. The van der Waals surface area contributed by atoms with Gasteiger partial charge in [-0.1, -0.05) is 17.7 Å². The van der Waals surface area contributed by atoms with Crippen LogP contribution in [-0.4, -0.2) is 25.5 Å². The maximum absolute atomic E-state index is 14.0. The van der Waals surface area contributed by atoms with Crippen molar-refractivity contribution in [1.82, 2.24) is 9.97 Å². The number of aromatic nitrogens is 2. The van der Waals surface area contributed by atoms with E-state index >= 15 is 0 Å². The number of methoxy groups -OCH3 is 1. The maximum atomic E-state index is 14.0. The van der Waals surface area contributed by atoms with Crippen molar-refractivity contribution in [2.24, 2.45) is 0 Å². The number of aryl methyl sites for hydroxylation is 1. The summed E-state index contributed by atoms with van der Waals surface area (Å²) in [4.78, 5) is 8.93. The molecule has 0 atom stereocenters. The molecule has 0 amide bonds. The number of anilines is 3. The van der Waals surface area contributed by atoms with Crippen LogP contribution in [0.25, 0.3) is 11.0 Å². The van der Waals surface area contributed by atoms with Crippen LogP contribution in [0.2, 0.25) is 5.02 Å². The molecule has 0 unspecified atom stereocenters. The second kappa shape index (κ2) is 8.60. The van der Waals surface area contributed by atoms with Crippen molar-refractivity contribution in [1.29, 1.82) is 0 Å². The van der Waals surface area contributed by atoms with Crippen LogP contribution >= 0.6 is 11.6 Å². The Kier molecular flexibility index (Phi) is 5.86. The van der Waals surface area contributed by atoms with E-state index in [9.17, 15) is 12.8 Å². The van der Waals surface area contributed by atoms with Crippen molar-refractivity contribution in [3.63, 3.8) is 0 Å². The summed E-state index contributed by atoms with van der Waals surface area (Å²) >= 11 is 5.86. The van der Waals surface area contributed by atoms with E-state index in [1.165, 1.54) is 37.4 Å². The third-order valence-corrected chi connectivity index (χ3v) is 6.27. The number of halogens is 2. The van der Waals surface area contributed by atoms with Crippen LogP contribution in [0.1, 0.15) is 5.56 Å². The SMILES string of the molecule is COc1ccc2nc(NS(=O)(=O)c3ccc(Cl)cc3)c(Nc3ccc(C)c(F)c3)nc2c1. The summed E-state index contributed by atoms with van der Waals surface area (Å²) in [5, 5.41) is 3.36. The van der Waals surface area contributed by atoms with Crippen LogP contribution in [0.15, 0.2) is 65.6 Å². The van der Waals surface area contributed by atoms with Crippen molar-refractivity contribution >= 4 is 50.0 Å². The lowest BCUT2D eigenvalue weighted by molar-refractivity contribution is 0.415. The van der Waals surface area contributed by atoms with Crippen molar-refractivity contribution in [2.75, 3.05) is 17.1 Å². The minimum Gasteiger partial charge on any atom is -0.497 e. The fraction of sp³-hybridized carbons (Fsp3) is 0.0909. The van der Waals surface area contributed by atoms with E-state index in [-0.39, 0.29) is 16.5 Å². The van der Waals surface area contributed by atoms with Gasteiger partial charge in [0.1, 0.15) is 11.6 Å². The van der Waals surface area contributed by atoms with Crippen molar-refractivity contribution in [3.05, 3.63) is 77.1 Å². The minimum absolute atomic E-state index is 0.00542. The molecule has 0 fully saturated rings. The molecule has 10 heteroatoms. The molecule has 0 saturated heterocycles. The van der Waals surface area contributed by atoms with E-state index in [4.69, 9.17) is 16.3 Å². The first kappa shape index (κ1) is 21.8. The van der Waals surface area contributed by atoms with Gasteiger partial charge in [0.15, 0.2) is 11.6 Å². The Balaban J connectivity index is 1.80. The fourth-order valence-electron chi connectivity index (χ4n) is 2.93. The van der Waals surface area contributed by atoms with E-state index in [2.05, 4.69) is 20.0 Å². The van der Waals surface area contributed by atoms with Crippen LogP contribution in [-0.2, 0) is 10.0 Å². The molecule has 7 nitrogen and oxygen atoms in total. The Morgan fingerprint density at radius 2 is 1.66 bits per heavy atom. The number of fused-ring (bicyclic) bond motifs is 1. The Labute approximate surface area is 189 Å². The van der Waals surface area contributed by atoms with Crippen molar-refractivity contribution in [2.45, 2.75) is 11.8 Å². The Morgan fingerprint density at radius 1 is 0.938 bits per heavy atom. The van der Waals surface area contributed by atoms with E-state index in [1.54, 1.807) is 37.3 Å². The van der Waals surface area contributed by atoms with E-state index in [0.717, 1.165) is 0 Å².